The van der Waals surface area contributed by atoms with Gasteiger partial charge in [0.15, 0.2) is 0 Å². The first-order valence-corrected chi connectivity index (χ1v) is 6.43. The van der Waals surface area contributed by atoms with Crippen molar-refractivity contribution < 1.29 is 4.74 Å². The molecule has 0 amide bonds. The number of pyridine rings is 1. The van der Waals surface area contributed by atoms with Crippen LogP contribution in [0.5, 0.6) is 0 Å². The molecule has 0 unspecified atom stereocenters. The van der Waals surface area contributed by atoms with Gasteiger partial charge in [0.05, 0.1) is 11.1 Å². The van der Waals surface area contributed by atoms with Crippen molar-refractivity contribution in [2.75, 3.05) is 31.2 Å². The fourth-order valence-corrected chi connectivity index (χ4v) is 2.21. The molecule has 0 aliphatic rings. The van der Waals surface area contributed by atoms with Gasteiger partial charge in [-0.2, -0.15) is 0 Å². The molecule has 0 aromatic carbocycles. The van der Waals surface area contributed by atoms with Gasteiger partial charge >= 0.3 is 0 Å². The zero-order chi connectivity index (χ0) is 12.0. The summed E-state index contributed by atoms with van der Waals surface area (Å²) >= 11 is 3.55. The molecule has 0 N–H and O–H groups in total. The largest absolute Gasteiger partial charge is 0.380 e. The lowest BCUT2D eigenvalue weighted by Gasteiger charge is -2.23. The second-order valence-electron chi connectivity index (χ2n) is 3.59. The lowest BCUT2D eigenvalue weighted by atomic mass is 10.3. The van der Waals surface area contributed by atoms with E-state index < -0.39 is 0 Å². The third-order valence-electron chi connectivity index (χ3n) is 2.35. The van der Waals surface area contributed by atoms with Crippen molar-refractivity contribution in [3.63, 3.8) is 0 Å². The number of anilines is 1. The van der Waals surface area contributed by atoms with Gasteiger partial charge in [-0.15, -0.1) is 0 Å². The number of hydrogen-bond acceptors (Lipinski definition) is 3. The molecule has 0 radical (unpaired) electrons. The van der Waals surface area contributed by atoms with Crippen LogP contribution in [0.15, 0.2) is 16.7 Å². The second-order valence-corrected chi connectivity index (χ2v) is 4.45. The van der Waals surface area contributed by atoms with E-state index in [1.807, 2.05) is 20.0 Å². The van der Waals surface area contributed by atoms with E-state index in [2.05, 4.69) is 38.8 Å². The first-order valence-electron chi connectivity index (χ1n) is 5.63. The Balaban J connectivity index is 2.70. The van der Waals surface area contributed by atoms with Gasteiger partial charge in [-0.05, 0) is 48.3 Å². The maximum atomic E-state index is 5.37. The highest BCUT2D eigenvalue weighted by Gasteiger charge is 2.09. The van der Waals surface area contributed by atoms with Crippen LogP contribution in [0.2, 0.25) is 0 Å². The van der Waals surface area contributed by atoms with E-state index in [0.717, 1.165) is 42.2 Å². The highest BCUT2D eigenvalue weighted by atomic mass is 79.9. The molecule has 1 heterocycles. The van der Waals surface area contributed by atoms with Crippen molar-refractivity contribution in [1.82, 2.24) is 4.98 Å². The number of hydrogen-bond donors (Lipinski definition) is 0. The number of rotatable bonds is 6. The van der Waals surface area contributed by atoms with Crippen LogP contribution in [0.1, 0.15) is 19.4 Å². The second kappa shape index (κ2) is 6.86. The van der Waals surface area contributed by atoms with Gasteiger partial charge in [0.25, 0.3) is 0 Å². The van der Waals surface area contributed by atoms with Crippen LogP contribution in [0.4, 0.5) is 5.82 Å². The van der Waals surface area contributed by atoms with Crippen LogP contribution in [0, 0.1) is 6.92 Å². The zero-order valence-corrected chi connectivity index (χ0v) is 11.7. The molecule has 3 nitrogen and oxygen atoms in total. The fraction of sp³-hybridized carbons (Fsp3) is 0.583. The van der Waals surface area contributed by atoms with Crippen LogP contribution in [0.3, 0.4) is 0 Å². The maximum absolute atomic E-state index is 5.37. The molecular formula is C12H19BrN2O. The Hall–Kier alpha value is -0.610. The number of aromatic nitrogens is 1. The third kappa shape index (κ3) is 3.76. The first-order chi connectivity index (χ1) is 7.69. The number of ether oxygens (including phenoxy) is 1. The summed E-state index contributed by atoms with van der Waals surface area (Å²) in [6, 6.07) is 2.09. The van der Waals surface area contributed by atoms with E-state index in [4.69, 9.17) is 4.74 Å². The van der Waals surface area contributed by atoms with Crippen LogP contribution in [-0.4, -0.2) is 31.3 Å². The number of aryl methyl sites for hydroxylation is 1. The van der Waals surface area contributed by atoms with Crippen LogP contribution in [-0.2, 0) is 4.74 Å². The normalized spacial score (nSPS) is 10.5. The summed E-state index contributed by atoms with van der Waals surface area (Å²) in [5, 5.41) is 0. The lowest BCUT2D eigenvalue weighted by Crippen LogP contribution is -2.28. The van der Waals surface area contributed by atoms with Crippen molar-refractivity contribution in [3.8, 4) is 0 Å². The Morgan fingerprint density at radius 1 is 1.44 bits per heavy atom. The molecule has 0 spiro atoms. The minimum absolute atomic E-state index is 0.742. The summed E-state index contributed by atoms with van der Waals surface area (Å²) < 4.78 is 6.41. The van der Waals surface area contributed by atoms with Gasteiger partial charge in [-0.25, -0.2) is 4.98 Å². The molecule has 4 heteroatoms. The molecule has 0 fully saturated rings. The molecule has 1 aromatic rings. The summed E-state index contributed by atoms with van der Waals surface area (Å²) in [6.07, 6.45) is 1.89. The van der Waals surface area contributed by atoms with Crippen LogP contribution >= 0.6 is 15.9 Å². The summed E-state index contributed by atoms with van der Waals surface area (Å²) in [7, 11) is 0. The molecule has 90 valence electrons. The predicted octanol–water partition coefficient (Wildman–Crippen LogP) is 3.02. The Morgan fingerprint density at radius 2 is 2.19 bits per heavy atom. The molecule has 0 saturated carbocycles. The van der Waals surface area contributed by atoms with Crippen molar-refractivity contribution in [1.29, 1.82) is 0 Å². The van der Waals surface area contributed by atoms with Gasteiger partial charge in [0.1, 0.15) is 5.82 Å². The molecular weight excluding hydrogens is 268 g/mol. The Bertz CT molecular complexity index is 331. The maximum Gasteiger partial charge on any atom is 0.142 e. The van der Waals surface area contributed by atoms with Crippen molar-refractivity contribution >= 4 is 21.7 Å². The van der Waals surface area contributed by atoms with Gasteiger partial charge in [0.2, 0.25) is 0 Å². The number of likely N-dealkylation sites (N-methyl/N-ethyl adjacent to an activating group) is 1. The van der Waals surface area contributed by atoms with Gasteiger partial charge < -0.3 is 9.64 Å². The standard InChI is InChI=1S/C12H19BrN2O/c1-4-15(6-7-16-5-2)12-11(13)8-10(3)9-14-12/h8-9H,4-7H2,1-3H3. The summed E-state index contributed by atoms with van der Waals surface area (Å²) in [5.74, 6) is 0.993. The lowest BCUT2D eigenvalue weighted by molar-refractivity contribution is 0.154. The molecule has 16 heavy (non-hydrogen) atoms. The van der Waals surface area contributed by atoms with E-state index in [-0.39, 0.29) is 0 Å². The molecule has 0 saturated heterocycles. The first kappa shape index (κ1) is 13.5. The molecule has 1 aromatic heterocycles. The van der Waals surface area contributed by atoms with E-state index in [9.17, 15) is 0 Å². The van der Waals surface area contributed by atoms with E-state index in [1.165, 1.54) is 0 Å². The average Bonchev–Trinajstić information content (AvgIpc) is 2.26. The fourth-order valence-electron chi connectivity index (χ4n) is 1.49. The monoisotopic (exact) mass is 286 g/mol. The number of nitrogens with zero attached hydrogens (tertiary/aromatic N) is 2. The zero-order valence-electron chi connectivity index (χ0n) is 10.2. The Kier molecular flexibility index (Phi) is 5.77. The van der Waals surface area contributed by atoms with Crippen molar-refractivity contribution in [2.45, 2.75) is 20.8 Å². The molecule has 0 bridgehead atoms. The van der Waals surface area contributed by atoms with Crippen LogP contribution in [0.25, 0.3) is 0 Å². The molecule has 0 aliphatic heterocycles. The topological polar surface area (TPSA) is 25.4 Å². The van der Waals surface area contributed by atoms with Crippen molar-refractivity contribution in [3.05, 3.63) is 22.3 Å². The summed E-state index contributed by atoms with van der Waals surface area (Å²) in [4.78, 5) is 6.66. The van der Waals surface area contributed by atoms with Crippen LogP contribution < -0.4 is 4.90 Å². The minimum Gasteiger partial charge on any atom is -0.380 e. The molecule has 0 aliphatic carbocycles. The quantitative estimate of drug-likeness (QED) is 0.752. The SMILES string of the molecule is CCOCCN(CC)c1ncc(C)cc1Br. The number of halogens is 1. The Morgan fingerprint density at radius 3 is 2.75 bits per heavy atom. The van der Waals surface area contributed by atoms with Gasteiger partial charge in [-0.3, -0.25) is 0 Å². The summed E-state index contributed by atoms with van der Waals surface area (Å²) in [5.41, 5.74) is 1.16. The predicted molar refractivity (Wildman–Crippen MR) is 71.1 cm³/mol. The van der Waals surface area contributed by atoms with E-state index >= 15 is 0 Å². The third-order valence-corrected chi connectivity index (χ3v) is 2.93. The highest BCUT2D eigenvalue weighted by Crippen LogP contribution is 2.24. The minimum atomic E-state index is 0.742. The molecule has 0 atom stereocenters. The van der Waals surface area contributed by atoms with Gasteiger partial charge in [0, 0.05) is 25.9 Å². The Labute approximate surface area is 106 Å². The summed E-state index contributed by atoms with van der Waals surface area (Å²) in [6.45, 7) is 9.49. The van der Waals surface area contributed by atoms with Crippen molar-refractivity contribution in [2.24, 2.45) is 0 Å². The van der Waals surface area contributed by atoms with Gasteiger partial charge in [-0.1, -0.05) is 0 Å². The molecule has 1 rings (SSSR count). The van der Waals surface area contributed by atoms with E-state index in [0.29, 0.717) is 0 Å². The smallest absolute Gasteiger partial charge is 0.142 e. The average molecular weight is 287 g/mol. The highest BCUT2D eigenvalue weighted by molar-refractivity contribution is 9.10. The van der Waals surface area contributed by atoms with E-state index in [1.54, 1.807) is 0 Å².